The van der Waals surface area contributed by atoms with Gasteiger partial charge in [-0.2, -0.15) is 0 Å². The largest absolute Gasteiger partial charge is 0.493 e. The van der Waals surface area contributed by atoms with Crippen LogP contribution in [0.4, 0.5) is 5.69 Å². The summed E-state index contributed by atoms with van der Waals surface area (Å²) in [6.45, 7) is 5.10. The van der Waals surface area contributed by atoms with Crippen molar-refractivity contribution in [3.05, 3.63) is 63.5 Å². The number of carbonyl (C=O) groups is 2. The molecule has 0 saturated heterocycles. The van der Waals surface area contributed by atoms with Gasteiger partial charge in [0.25, 0.3) is 5.69 Å². The predicted molar refractivity (Wildman–Crippen MR) is 111 cm³/mol. The molecule has 0 aliphatic carbocycles. The average Bonchev–Trinajstić information content (AvgIpc) is 2.76. The predicted octanol–water partition coefficient (Wildman–Crippen LogP) is 2.90. The third-order valence-electron chi connectivity index (χ3n) is 3.99. The van der Waals surface area contributed by atoms with E-state index in [0.717, 1.165) is 5.56 Å². The summed E-state index contributed by atoms with van der Waals surface area (Å²) >= 11 is 0. The van der Waals surface area contributed by atoms with Gasteiger partial charge in [0.15, 0.2) is 11.4 Å². The number of rotatable bonds is 12. The van der Waals surface area contributed by atoms with Crippen molar-refractivity contribution in [1.82, 2.24) is 10.3 Å². The van der Waals surface area contributed by atoms with Crippen molar-refractivity contribution in [2.24, 2.45) is 0 Å². The number of carbonyl (C=O) groups excluding carboxylic acids is 2. The lowest BCUT2D eigenvalue weighted by Gasteiger charge is -2.10. The van der Waals surface area contributed by atoms with Crippen LogP contribution in [0.1, 0.15) is 46.8 Å². The molecule has 1 aromatic heterocycles. The molecule has 0 aliphatic heterocycles. The Morgan fingerprint density at radius 2 is 1.71 bits per heavy atom. The number of nitro benzene ring substituents is 1. The van der Waals surface area contributed by atoms with Gasteiger partial charge in [-0.1, -0.05) is 12.1 Å². The molecule has 0 atom stereocenters. The molecule has 0 radical (unpaired) electrons. The van der Waals surface area contributed by atoms with Crippen LogP contribution in [-0.4, -0.2) is 48.2 Å². The van der Waals surface area contributed by atoms with Gasteiger partial charge in [-0.15, -0.1) is 0 Å². The quantitative estimate of drug-likeness (QED) is 0.233. The molecule has 0 bridgehead atoms. The van der Waals surface area contributed by atoms with Gasteiger partial charge in [-0.25, -0.2) is 14.6 Å². The standard InChI is InChI=1S/C21H25N3O7/c1-3-29-20(25)18-12-17(13-19(23-18)21(26)30-4-2)31-10-6-9-22-14-15-7-5-8-16(11-15)24(27)28/h5,7-8,11-13,22H,3-4,6,9-10,14H2,1-2H3. The Bertz CT molecular complexity index is 881. The summed E-state index contributed by atoms with van der Waals surface area (Å²) in [7, 11) is 0. The van der Waals surface area contributed by atoms with E-state index in [1.54, 1.807) is 26.0 Å². The number of aromatic nitrogens is 1. The lowest BCUT2D eigenvalue weighted by atomic mass is 10.2. The second kappa shape index (κ2) is 12.2. The Labute approximate surface area is 179 Å². The van der Waals surface area contributed by atoms with Crippen molar-refractivity contribution < 1.29 is 28.7 Å². The first-order chi connectivity index (χ1) is 14.9. The van der Waals surface area contributed by atoms with Crippen LogP contribution in [-0.2, 0) is 16.0 Å². The Kier molecular flexibility index (Phi) is 9.37. The van der Waals surface area contributed by atoms with Crippen molar-refractivity contribution in [3.8, 4) is 5.75 Å². The lowest BCUT2D eigenvalue weighted by molar-refractivity contribution is -0.384. The van der Waals surface area contributed by atoms with E-state index in [0.29, 0.717) is 31.9 Å². The molecule has 1 heterocycles. The highest BCUT2D eigenvalue weighted by atomic mass is 16.6. The number of ether oxygens (including phenoxy) is 3. The monoisotopic (exact) mass is 431 g/mol. The maximum atomic E-state index is 12.0. The second-order valence-corrected chi connectivity index (χ2v) is 6.32. The highest BCUT2D eigenvalue weighted by Crippen LogP contribution is 2.17. The number of benzene rings is 1. The molecule has 0 fully saturated rings. The molecule has 0 saturated carbocycles. The number of non-ortho nitro benzene ring substituents is 1. The SMILES string of the molecule is CCOC(=O)c1cc(OCCCNCc2cccc([N+](=O)[O-])c2)cc(C(=O)OCC)n1. The zero-order valence-electron chi connectivity index (χ0n) is 17.5. The van der Waals surface area contributed by atoms with E-state index in [9.17, 15) is 19.7 Å². The first-order valence-corrected chi connectivity index (χ1v) is 9.87. The van der Waals surface area contributed by atoms with Crippen LogP contribution in [0.25, 0.3) is 0 Å². The van der Waals surface area contributed by atoms with E-state index in [1.165, 1.54) is 24.3 Å². The molecule has 2 rings (SSSR count). The number of nitrogens with one attached hydrogen (secondary N) is 1. The second-order valence-electron chi connectivity index (χ2n) is 6.32. The smallest absolute Gasteiger partial charge is 0.357 e. The summed E-state index contributed by atoms with van der Waals surface area (Å²) in [6.07, 6.45) is 0.626. The van der Waals surface area contributed by atoms with Crippen LogP contribution in [0.5, 0.6) is 5.75 Å². The first-order valence-electron chi connectivity index (χ1n) is 9.87. The van der Waals surface area contributed by atoms with Crippen molar-refractivity contribution in [1.29, 1.82) is 0 Å². The third-order valence-corrected chi connectivity index (χ3v) is 3.99. The van der Waals surface area contributed by atoms with Crippen LogP contribution in [0.2, 0.25) is 0 Å². The fourth-order valence-electron chi connectivity index (χ4n) is 2.61. The van der Waals surface area contributed by atoms with Gasteiger partial charge < -0.3 is 19.5 Å². The van der Waals surface area contributed by atoms with E-state index in [1.807, 2.05) is 0 Å². The summed E-state index contributed by atoms with van der Waals surface area (Å²) in [4.78, 5) is 38.4. The van der Waals surface area contributed by atoms with Gasteiger partial charge >= 0.3 is 11.9 Å². The Balaban J connectivity index is 1.88. The summed E-state index contributed by atoms with van der Waals surface area (Å²) in [5, 5.41) is 14.0. The summed E-state index contributed by atoms with van der Waals surface area (Å²) in [5.74, 6) is -1.01. The highest BCUT2D eigenvalue weighted by molar-refractivity contribution is 5.92. The normalized spacial score (nSPS) is 10.4. The lowest BCUT2D eigenvalue weighted by Crippen LogP contribution is -2.17. The van der Waals surface area contributed by atoms with Crippen LogP contribution >= 0.6 is 0 Å². The highest BCUT2D eigenvalue weighted by Gasteiger charge is 2.17. The van der Waals surface area contributed by atoms with Crippen LogP contribution in [0, 0.1) is 10.1 Å². The molecule has 10 heteroatoms. The van der Waals surface area contributed by atoms with Gasteiger partial charge in [-0.05, 0) is 32.4 Å². The minimum Gasteiger partial charge on any atom is -0.493 e. The number of hydrogen-bond acceptors (Lipinski definition) is 9. The van der Waals surface area contributed by atoms with Crippen molar-refractivity contribution in [3.63, 3.8) is 0 Å². The Morgan fingerprint density at radius 3 is 2.29 bits per heavy atom. The van der Waals surface area contributed by atoms with Crippen molar-refractivity contribution in [2.75, 3.05) is 26.4 Å². The molecular formula is C21H25N3O7. The molecule has 166 valence electrons. The molecule has 0 aliphatic rings. The maximum absolute atomic E-state index is 12.0. The number of hydrogen-bond donors (Lipinski definition) is 1. The van der Waals surface area contributed by atoms with Crippen LogP contribution < -0.4 is 10.1 Å². The van der Waals surface area contributed by atoms with Gasteiger partial charge in [0, 0.05) is 30.8 Å². The van der Waals surface area contributed by atoms with E-state index in [4.69, 9.17) is 14.2 Å². The molecule has 0 spiro atoms. The van der Waals surface area contributed by atoms with Crippen LogP contribution in [0.15, 0.2) is 36.4 Å². The zero-order chi connectivity index (χ0) is 22.6. The summed E-state index contributed by atoms with van der Waals surface area (Å²) in [6, 6.07) is 9.25. The molecule has 31 heavy (non-hydrogen) atoms. The third kappa shape index (κ3) is 7.67. The number of esters is 2. The average molecular weight is 431 g/mol. The minimum absolute atomic E-state index is 0.0359. The van der Waals surface area contributed by atoms with E-state index < -0.39 is 16.9 Å². The molecule has 1 N–H and O–H groups in total. The topological polar surface area (TPSA) is 130 Å². The van der Waals surface area contributed by atoms with E-state index >= 15 is 0 Å². The molecule has 1 aromatic carbocycles. The van der Waals surface area contributed by atoms with E-state index in [-0.39, 0.29) is 30.3 Å². The first kappa shape index (κ1) is 23.7. The number of nitro groups is 1. The summed E-state index contributed by atoms with van der Waals surface area (Å²) < 4.78 is 15.5. The van der Waals surface area contributed by atoms with E-state index in [2.05, 4.69) is 10.3 Å². The molecule has 0 amide bonds. The molecule has 10 nitrogen and oxygen atoms in total. The zero-order valence-corrected chi connectivity index (χ0v) is 17.5. The van der Waals surface area contributed by atoms with Gasteiger partial charge in [0.05, 0.1) is 24.7 Å². The Morgan fingerprint density at radius 1 is 1.06 bits per heavy atom. The van der Waals surface area contributed by atoms with Crippen LogP contribution in [0.3, 0.4) is 0 Å². The molecule has 0 unspecified atom stereocenters. The van der Waals surface area contributed by atoms with Crippen molar-refractivity contribution in [2.45, 2.75) is 26.8 Å². The van der Waals surface area contributed by atoms with Gasteiger partial charge in [0.2, 0.25) is 0 Å². The fourth-order valence-corrected chi connectivity index (χ4v) is 2.61. The summed E-state index contributed by atoms with van der Waals surface area (Å²) in [5.41, 5.74) is 0.787. The van der Waals surface area contributed by atoms with Gasteiger partial charge in [0.1, 0.15) is 5.75 Å². The number of pyridine rings is 1. The fraction of sp³-hybridized carbons (Fsp3) is 0.381. The Hall–Kier alpha value is -3.53. The van der Waals surface area contributed by atoms with Gasteiger partial charge in [-0.3, -0.25) is 10.1 Å². The maximum Gasteiger partial charge on any atom is 0.357 e. The number of nitrogens with zero attached hydrogens (tertiary/aromatic N) is 2. The van der Waals surface area contributed by atoms with Crippen molar-refractivity contribution >= 4 is 17.6 Å². The minimum atomic E-state index is -0.655. The molecular weight excluding hydrogens is 406 g/mol. The molecule has 2 aromatic rings.